The maximum Gasteiger partial charge on any atom is 0.339 e. The normalized spacial score (nSPS) is 14.0. The lowest BCUT2D eigenvalue weighted by Gasteiger charge is -2.22. The van der Waals surface area contributed by atoms with Gasteiger partial charge in [-0.15, -0.1) is 11.8 Å². The molecule has 1 aliphatic rings. The highest BCUT2D eigenvalue weighted by atomic mass is 32.2. The molecule has 0 fully saturated rings. The van der Waals surface area contributed by atoms with Crippen LogP contribution < -0.4 is 5.32 Å². The van der Waals surface area contributed by atoms with E-state index in [1.807, 2.05) is 6.07 Å². The lowest BCUT2D eigenvalue weighted by atomic mass is 10.1. The predicted molar refractivity (Wildman–Crippen MR) is 99.1 cm³/mol. The van der Waals surface area contributed by atoms with Crippen molar-refractivity contribution in [2.75, 3.05) is 25.2 Å². The second kappa shape index (κ2) is 7.61. The van der Waals surface area contributed by atoms with E-state index in [2.05, 4.69) is 5.32 Å². The van der Waals surface area contributed by atoms with Crippen LogP contribution in [0.1, 0.15) is 22.0 Å². The Morgan fingerprint density at radius 2 is 1.88 bits per heavy atom. The number of thioether (sulfide) groups is 1. The molecule has 6 nitrogen and oxygen atoms in total. The summed E-state index contributed by atoms with van der Waals surface area (Å²) in [7, 11) is 3.22. The Labute approximate surface area is 155 Å². The number of rotatable bonds is 4. The van der Waals surface area contributed by atoms with Gasteiger partial charge in [0.15, 0.2) is 0 Å². The highest BCUT2D eigenvalue weighted by molar-refractivity contribution is 8.00. The van der Waals surface area contributed by atoms with Gasteiger partial charge in [-0.3, -0.25) is 9.59 Å². The molecule has 0 aromatic heterocycles. The maximum absolute atomic E-state index is 12.6. The first-order valence-corrected chi connectivity index (χ1v) is 8.98. The molecular weight excluding hydrogens is 352 g/mol. The molecule has 134 valence electrons. The summed E-state index contributed by atoms with van der Waals surface area (Å²) >= 11 is 1.41. The van der Waals surface area contributed by atoms with Crippen LogP contribution in [0.2, 0.25) is 0 Å². The first-order chi connectivity index (χ1) is 12.5. The predicted octanol–water partition coefficient (Wildman–Crippen LogP) is 2.72. The summed E-state index contributed by atoms with van der Waals surface area (Å²) in [6, 6.07) is 13.8. The van der Waals surface area contributed by atoms with E-state index in [0.717, 1.165) is 4.90 Å². The van der Waals surface area contributed by atoms with E-state index in [0.29, 0.717) is 17.0 Å². The van der Waals surface area contributed by atoms with Gasteiger partial charge < -0.3 is 15.0 Å². The zero-order chi connectivity index (χ0) is 18.7. The Morgan fingerprint density at radius 1 is 1.15 bits per heavy atom. The van der Waals surface area contributed by atoms with Crippen LogP contribution in [0.4, 0.5) is 5.69 Å². The van der Waals surface area contributed by atoms with Gasteiger partial charge in [0.1, 0.15) is 0 Å². The van der Waals surface area contributed by atoms with Crippen molar-refractivity contribution in [2.24, 2.45) is 0 Å². The maximum atomic E-state index is 12.6. The van der Waals surface area contributed by atoms with E-state index in [1.54, 1.807) is 56.6 Å². The lowest BCUT2D eigenvalue weighted by molar-refractivity contribution is -0.138. The number of fused-ring (bicyclic) bond motifs is 1. The second-order valence-corrected chi connectivity index (χ2v) is 6.99. The molecule has 0 unspecified atom stereocenters. The van der Waals surface area contributed by atoms with Crippen molar-refractivity contribution < 1.29 is 19.1 Å². The number of anilines is 1. The fraction of sp³-hybridized carbons (Fsp3) is 0.211. The molecule has 2 aromatic rings. The number of esters is 1. The minimum absolute atomic E-state index is 0.113. The van der Waals surface area contributed by atoms with Gasteiger partial charge in [-0.25, -0.2) is 4.79 Å². The van der Waals surface area contributed by atoms with Gasteiger partial charge in [0, 0.05) is 24.6 Å². The summed E-state index contributed by atoms with van der Waals surface area (Å²) in [6.07, 6.45) is -1.03. The summed E-state index contributed by atoms with van der Waals surface area (Å²) in [5.74, 6) is -0.712. The van der Waals surface area contributed by atoms with Gasteiger partial charge in [0.2, 0.25) is 12.0 Å². The van der Waals surface area contributed by atoms with Gasteiger partial charge in [-0.1, -0.05) is 30.3 Å². The van der Waals surface area contributed by atoms with Gasteiger partial charge in [0.25, 0.3) is 5.91 Å². The molecule has 0 saturated carbocycles. The van der Waals surface area contributed by atoms with E-state index in [-0.39, 0.29) is 17.4 Å². The van der Waals surface area contributed by atoms with E-state index in [4.69, 9.17) is 4.74 Å². The molecule has 3 rings (SSSR count). The number of hydrogen-bond donors (Lipinski definition) is 1. The molecule has 1 heterocycles. The van der Waals surface area contributed by atoms with Crippen molar-refractivity contribution in [3.8, 4) is 0 Å². The first-order valence-electron chi connectivity index (χ1n) is 7.99. The first kappa shape index (κ1) is 18.0. The zero-order valence-corrected chi connectivity index (χ0v) is 15.2. The average Bonchev–Trinajstić information content (AvgIpc) is 2.65. The molecule has 0 saturated heterocycles. The molecule has 2 aromatic carbocycles. The van der Waals surface area contributed by atoms with Crippen molar-refractivity contribution >= 4 is 35.2 Å². The quantitative estimate of drug-likeness (QED) is 0.838. The van der Waals surface area contributed by atoms with Crippen LogP contribution in [-0.2, 0) is 14.3 Å². The number of nitrogens with one attached hydrogen (secondary N) is 1. The zero-order valence-electron chi connectivity index (χ0n) is 14.4. The smallest absolute Gasteiger partial charge is 0.339 e. The van der Waals surface area contributed by atoms with Crippen LogP contribution in [0.15, 0.2) is 53.4 Å². The number of hydrogen-bond acceptors (Lipinski definition) is 5. The molecular formula is C19H18N2O4S. The third-order valence-corrected chi connectivity index (χ3v) is 4.91. The summed E-state index contributed by atoms with van der Waals surface area (Å²) in [6.45, 7) is 0. The molecule has 1 atom stereocenters. The van der Waals surface area contributed by atoms with Gasteiger partial charge in [0.05, 0.1) is 17.0 Å². The van der Waals surface area contributed by atoms with Gasteiger partial charge in [-0.2, -0.15) is 0 Å². The van der Waals surface area contributed by atoms with Crippen molar-refractivity contribution in [1.82, 2.24) is 4.90 Å². The Morgan fingerprint density at radius 3 is 2.58 bits per heavy atom. The van der Waals surface area contributed by atoms with E-state index in [9.17, 15) is 14.4 Å². The fourth-order valence-corrected chi connectivity index (χ4v) is 3.30. The summed E-state index contributed by atoms with van der Waals surface area (Å²) in [5.41, 5.74) is 1.45. The molecule has 0 spiro atoms. The van der Waals surface area contributed by atoms with Gasteiger partial charge in [-0.05, 0) is 18.2 Å². The molecule has 26 heavy (non-hydrogen) atoms. The Kier molecular flexibility index (Phi) is 5.27. The van der Waals surface area contributed by atoms with Crippen molar-refractivity contribution in [3.05, 3.63) is 59.7 Å². The number of carbonyl (C=O) groups is 3. The number of carbonyl (C=O) groups excluding carboxylic acids is 3. The Balaban J connectivity index is 1.85. The largest absolute Gasteiger partial charge is 0.444 e. The minimum atomic E-state index is -1.03. The number of benzene rings is 2. The number of amides is 2. The van der Waals surface area contributed by atoms with Crippen LogP contribution in [0.25, 0.3) is 0 Å². The Hall–Kier alpha value is -2.80. The number of nitrogens with zero attached hydrogens (tertiary/aromatic N) is 1. The number of likely N-dealkylation sites (N-methyl/N-ethyl adjacent to an activating group) is 1. The molecule has 0 aliphatic carbocycles. The molecule has 0 bridgehead atoms. The summed E-state index contributed by atoms with van der Waals surface area (Å²) in [5, 5.41) is 2.74. The standard InChI is InChI=1S/C19H18N2O4S/c1-21(2)18(23)17(12-6-4-3-5-7-12)25-19(24)13-8-9-15-14(10-13)20-16(22)11-26-15/h3-10,17H,11H2,1-2H3,(H,20,22)/t17-/m0/s1. The molecule has 1 N–H and O–H groups in total. The molecule has 1 aliphatic heterocycles. The average molecular weight is 370 g/mol. The Bertz CT molecular complexity index is 852. The molecule has 7 heteroatoms. The van der Waals surface area contributed by atoms with Crippen LogP contribution in [0.5, 0.6) is 0 Å². The second-order valence-electron chi connectivity index (χ2n) is 5.98. The van der Waals surface area contributed by atoms with Gasteiger partial charge >= 0.3 is 5.97 Å². The fourth-order valence-electron chi connectivity index (χ4n) is 2.51. The third kappa shape index (κ3) is 3.88. The van der Waals surface area contributed by atoms with Crippen molar-refractivity contribution in [2.45, 2.75) is 11.0 Å². The SMILES string of the molecule is CN(C)C(=O)[C@@H](OC(=O)c1ccc2c(c1)NC(=O)CS2)c1ccccc1. The third-order valence-electron chi connectivity index (χ3n) is 3.84. The minimum Gasteiger partial charge on any atom is -0.444 e. The summed E-state index contributed by atoms with van der Waals surface area (Å²) in [4.78, 5) is 38.9. The van der Waals surface area contributed by atoms with E-state index >= 15 is 0 Å². The number of ether oxygens (including phenoxy) is 1. The van der Waals surface area contributed by atoms with Crippen LogP contribution in [-0.4, -0.2) is 42.5 Å². The van der Waals surface area contributed by atoms with Crippen LogP contribution >= 0.6 is 11.8 Å². The topological polar surface area (TPSA) is 75.7 Å². The highest BCUT2D eigenvalue weighted by Gasteiger charge is 2.27. The van der Waals surface area contributed by atoms with Crippen LogP contribution in [0.3, 0.4) is 0 Å². The van der Waals surface area contributed by atoms with Crippen molar-refractivity contribution in [3.63, 3.8) is 0 Å². The molecule has 0 radical (unpaired) electrons. The lowest BCUT2D eigenvalue weighted by Crippen LogP contribution is -2.31. The van der Waals surface area contributed by atoms with E-state index < -0.39 is 12.1 Å². The summed E-state index contributed by atoms with van der Waals surface area (Å²) < 4.78 is 5.51. The monoisotopic (exact) mass is 370 g/mol. The van der Waals surface area contributed by atoms with Crippen LogP contribution in [0, 0.1) is 0 Å². The van der Waals surface area contributed by atoms with E-state index in [1.165, 1.54) is 16.7 Å². The highest BCUT2D eigenvalue weighted by Crippen LogP contribution is 2.32. The van der Waals surface area contributed by atoms with Crippen molar-refractivity contribution in [1.29, 1.82) is 0 Å². The molecule has 2 amide bonds.